The number of rotatable bonds is 8. The first-order valence-electron chi connectivity index (χ1n) is 5.56. The molecule has 0 fully saturated rings. The van der Waals surface area contributed by atoms with Crippen LogP contribution in [0.5, 0.6) is 0 Å². The molecule has 0 spiro atoms. The topological polar surface area (TPSA) is 86.2 Å². The quantitative estimate of drug-likeness (QED) is 0.597. The number of carbonyl (C=O) groups excluding carboxylic acids is 2. The first-order valence-corrected chi connectivity index (χ1v) is 5.56. The molecule has 2 amide bonds. The molecule has 0 saturated carbocycles. The Morgan fingerprint density at radius 1 is 1.07 bits per heavy atom. The molecule has 0 aliphatic rings. The average molecular weight is 214 g/mol. The van der Waals surface area contributed by atoms with Crippen molar-refractivity contribution in [2.45, 2.75) is 52.4 Å². The van der Waals surface area contributed by atoms with E-state index in [-0.39, 0.29) is 11.8 Å². The van der Waals surface area contributed by atoms with Gasteiger partial charge in [-0.1, -0.05) is 20.3 Å². The minimum Gasteiger partial charge on any atom is -0.370 e. The molecule has 4 N–H and O–H groups in total. The Hall–Kier alpha value is -1.06. The highest BCUT2D eigenvalue weighted by molar-refractivity contribution is 5.80. The van der Waals surface area contributed by atoms with Crippen LogP contribution in [-0.4, -0.2) is 11.8 Å². The molecule has 0 aliphatic heterocycles. The number of hydrogen-bond donors (Lipinski definition) is 2. The maximum atomic E-state index is 11.3. The molecule has 15 heavy (non-hydrogen) atoms. The van der Waals surface area contributed by atoms with Gasteiger partial charge in [0.05, 0.1) is 0 Å². The molecule has 0 radical (unpaired) electrons. The third-order valence-corrected chi connectivity index (χ3v) is 3.20. The maximum absolute atomic E-state index is 11.3. The molecule has 4 nitrogen and oxygen atoms in total. The van der Waals surface area contributed by atoms with Gasteiger partial charge in [-0.25, -0.2) is 0 Å². The lowest BCUT2D eigenvalue weighted by Gasteiger charge is -2.27. The summed E-state index contributed by atoms with van der Waals surface area (Å²) >= 11 is 0. The molecule has 88 valence electrons. The zero-order valence-electron chi connectivity index (χ0n) is 9.71. The van der Waals surface area contributed by atoms with Gasteiger partial charge in [-0.05, 0) is 25.7 Å². The lowest BCUT2D eigenvalue weighted by atomic mass is 9.77. The van der Waals surface area contributed by atoms with Crippen LogP contribution >= 0.6 is 0 Å². The van der Waals surface area contributed by atoms with E-state index >= 15 is 0 Å². The Morgan fingerprint density at radius 3 is 1.93 bits per heavy atom. The number of hydrogen-bond acceptors (Lipinski definition) is 2. The zero-order valence-corrected chi connectivity index (χ0v) is 9.71. The van der Waals surface area contributed by atoms with Gasteiger partial charge >= 0.3 is 0 Å². The first kappa shape index (κ1) is 13.9. The van der Waals surface area contributed by atoms with Crippen molar-refractivity contribution in [3.63, 3.8) is 0 Å². The maximum Gasteiger partial charge on any atom is 0.223 e. The SMILES string of the molecule is CCC(CC)(CCCCC(N)=O)C(N)=O. The molecule has 0 saturated heterocycles. The van der Waals surface area contributed by atoms with Crippen molar-refractivity contribution in [1.82, 2.24) is 0 Å². The second-order valence-corrected chi connectivity index (χ2v) is 4.03. The van der Waals surface area contributed by atoms with E-state index < -0.39 is 5.41 Å². The fourth-order valence-electron chi connectivity index (χ4n) is 1.84. The lowest BCUT2D eigenvalue weighted by Crippen LogP contribution is -2.36. The van der Waals surface area contributed by atoms with E-state index in [4.69, 9.17) is 11.5 Å². The van der Waals surface area contributed by atoms with Crippen LogP contribution in [0.25, 0.3) is 0 Å². The Balaban J connectivity index is 4.07. The number of unbranched alkanes of at least 4 members (excludes halogenated alkanes) is 1. The summed E-state index contributed by atoms with van der Waals surface area (Å²) in [5.74, 6) is -0.515. The van der Waals surface area contributed by atoms with E-state index in [9.17, 15) is 9.59 Å². The van der Waals surface area contributed by atoms with Crippen molar-refractivity contribution in [2.24, 2.45) is 16.9 Å². The molecular weight excluding hydrogens is 192 g/mol. The summed E-state index contributed by atoms with van der Waals surface area (Å²) in [6.07, 6.45) is 4.23. The molecule has 0 bridgehead atoms. The second-order valence-electron chi connectivity index (χ2n) is 4.03. The van der Waals surface area contributed by atoms with Gasteiger partial charge in [0.25, 0.3) is 0 Å². The van der Waals surface area contributed by atoms with E-state index in [0.717, 1.165) is 32.1 Å². The van der Waals surface area contributed by atoms with Crippen LogP contribution in [0.1, 0.15) is 52.4 Å². The molecule has 0 aromatic carbocycles. The molecule has 0 aliphatic carbocycles. The van der Waals surface area contributed by atoms with Crippen LogP contribution in [0.2, 0.25) is 0 Å². The van der Waals surface area contributed by atoms with Gasteiger partial charge in [0, 0.05) is 11.8 Å². The summed E-state index contributed by atoms with van der Waals surface area (Å²) in [6, 6.07) is 0. The van der Waals surface area contributed by atoms with Crippen molar-refractivity contribution in [3.05, 3.63) is 0 Å². The normalized spacial score (nSPS) is 11.3. The molecule has 0 aromatic heterocycles. The van der Waals surface area contributed by atoms with Crippen molar-refractivity contribution in [2.75, 3.05) is 0 Å². The van der Waals surface area contributed by atoms with Crippen LogP contribution in [-0.2, 0) is 9.59 Å². The predicted molar refractivity (Wildman–Crippen MR) is 59.9 cm³/mol. The molecule has 0 heterocycles. The molecule has 0 atom stereocenters. The van der Waals surface area contributed by atoms with Gasteiger partial charge < -0.3 is 11.5 Å². The molecule has 0 aromatic rings. The third kappa shape index (κ3) is 4.32. The van der Waals surface area contributed by atoms with Crippen molar-refractivity contribution in [1.29, 1.82) is 0 Å². The highest BCUT2D eigenvalue weighted by atomic mass is 16.1. The summed E-state index contributed by atoms with van der Waals surface area (Å²) in [5, 5.41) is 0. The van der Waals surface area contributed by atoms with Gasteiger partial charge in [0.1, 0.15) is 0 Å². The predicted octanol–water partition coefficient (Wildman–Crippen LogP) is 1.32. The molecule has 0 rings (SSSR count). The van der Waals surface area contributed by atoms with Crippen LogP contribution in [0, 0.1) is 5.41 Å². The largest absolute Gasteiger partial charge is 0.370 e. The van der Waals surface area contributed by atoms with E-state index in [2.05, 4.69) is 0 Å². The van der Waals surface area contributed by atoms with Gasteiger partial charge in [-0.15, -0.1) is 0 Å². The van der Waals surface area contributed by atoms with E-state index in [0.29, 0.717) is 6.42 Å². The Kier molecular flexibility index (Phi) is 5.97. The summed E-state index contributed by atoms with van der Waals surface area (Å²) in [4.78, 5) is 21.9. The van der Waals surface area contributed by atoms with Gasteiger partial charge in [-0.2, -0.15) is 0 Å². The fraction of sp³-hybridized carbons (Fsp3) is 0.818. The molecule has 4 heteroatoms. The van der Waals surface area contributed by atoms with Crippen LogP contribution in [0.15, 0.2) is 0 Å². The van der Waals surface area contributed by atoms with Gasteiger partial charge in [0.2, 0.25) is 11.8 Å². The Bertz CT molecular complexity index is 223. The zero-order chi connectivity index (χ0) is 11.9. The van der Waals surface area contributed by atoms with Gasteiger partial charge in [0.15, 0.2) is 0 Å². The van der Waals surface area contributed by atoms with Crippen molar-refractivity contribution < 1.29 is 9.59 Å². The summed E-state index contributed by atoms with van der Waals surface area (Å²) < 4.78 is 0. The standard InChI is InChI=1S/C11H22N2O2/c1-3-11(4-2,10(13)15)8-6-5-7-9(12)14/h3-8H2,1-2H3,(H2,12,14)(H2,13,15). The number of amides is 2. The van der Waals surface area contributed by atoms with Crippen LogP contribution < -0.4 is 11.5 Å². The average Bonchev–Trinajstić information content (AvgIpc) is 2.18. The monoisotopic (exact) mass is 214 g/mol. The van der Waals surface area contributed by atoms with E-state index in [1.54, 1.807) is 0 Å². The summed E-state index contributed by atoms with van der Waals surface area (Å²) in [6.45, 7) is 3.95. The smallest absolute Gasteiger partial charge is 0.223 e. The van der Waals surface area contributed by atoms with E-state index in [1.165, 1.54) is 0 Å². The number of primary amides is 2. The van der Waals surface area contributed by atoms with E-state index in [1.807, 2.05) is 13.8 Å². The van der Waals surface area contributed by atoms with Crippen LogP contribution in [0.3, 0.4) is 0 Å². The highest BCUT2D eigenvalue weighted by Crippen LogP contribution is 2.32. The van der Waals surface area contributed by atoms with Crippen molar-refractivity contribution in [3.8, 4) is 0 Å². The lowest BCUT2D eigenvalue weighted by molar-refractivity contribution is -0.128. The Labute approximate surface area is 91.4 Å². The fourth-order valence-corrected chi connectivity index (χ4v) is 1.84. The number of nitrogens with two attached hydrogens (primary N) is 2. The summed E-state index contributed by atoms with van der Waals surface area (Å²) in [5.41, 5.74) is 10.0. The first-order chi connectivity index (χ1) is 6.98. The minimum atomic E-state index is -0.391. The molecular formula is C11H22N2O2. The molecule has 0 unspecified atom stereocenters. The Morgan fingerprint density at radius 2 is 1.60 bits per heavy atom. The van der Waals surface area contributed by atoms with Crippen LogP contribution in [0.4, 0.5) is 0 Å². The third-order valence-electron chi connectivity index (χ3n) is 3.20. The van der Waals surface area contributed by atoms with Gasteiger partial charge in [-0.3, -0.25) is 9.59 Å². The summed E-state index contributed by atoms with van der Waals surface area (Å²) in [7, 11) is 0. The van der Waals surface area contributed by atoms with Crippen molar-refractivity contribution >= 4 is 11.8 Å². The minimum absolute atomic E-state index is 0.230. The number of carbonyl (C=O) groups is 2. The highest BCUT2D eigenvalue weighted by Gasteiger charge is 2.31. The second kappa shape index (κ2) is 6.43.